The lowest BCUT2D eigenvalue weighted by molar-refractivity contribution is 0.197. The zero-order chi connectivity index (χ0) is 9.26. The van der Waals surface area contributed by atoms with Crippen molar-refractivity contribution in [2.45, 2.75) is 25.7 Å². The molecule has 0 aromatic carbocycles. The average Bonchev–Trinajstić information content (AvgIpc) is 2.18. The molecule has 0 fully saturated rings. The van der Waals surface area contributed by atoms with Crippen molar-refractivity contribution in [1.29, 1.82) is 0 Å². The Morgan fingerprint density at radius 2 is 2.31 bits per heavy atom. The van der Waals surface area contributed by atoms with E-state index in [2.05, 4.69) is 28.1 Å². The monoisotopic (exact) mass is 242 g/mol. The van der Waals surface area contributed by atoms with E-state index in [0.717, 1.165) is 18.1 Å². The highest BCUT2D eigenvalue weighted by Crippen LogP contribution is 2.42. The van der Waals surface area contributed by atoms with Gasteiger partial charge in [-0.1, -0.05) is 28.1 Å². The van der Waals surface area contributed by atoms with Gasteiger partial charge in [-0.25, -0.2) is 0 Å². The third-order valence-electron chi connectivity index (χ3n) is 3.08. The fourth-order valence-electron chi connectivity index (χ4n) is 2.38. The third-order valence-corrected chi connectivity index (χ3v) is 3.87. The summed E-state index contributed by atoms with van der Waals surface area (Å²) in [6.07, 6.45) is 9.63. The lowest BCUT2D eigenvalue weighted by atomic mass is 9.76. The van der Waals surface area contributed by atoms with E-state index in [1.165, 1.54) is 23.7 Å². The molecule has 13 heavy (non-hydrogen) atoms. The molecule has 0 bridgehead atoms. The first kappa shape index (κ1) is 9.32. The van der Waals surface area contributed by atoms with E-state index < -0.39 is 0 Å². The Labute approximate surface area is 88.0 Å². The smallest absolute Gasteiger partial charge is 0.113 e. The second-order valence-corrected chi connectivity index (χ2v) is 4.76. The summed E-state index contributed by atoms with van der Waals surface area (Å²) in [5.74, 6) is 2.52. The first-order valence-electron chi connectivity index (χ1n) is 4.92. The van der Waals surface area contributed by atoms with Crippen molar-refractivity contribution < 1.29 is 4.74 Å². The van der Waals surface area contributed by atoms with Gasteiger partial charge < -0.3 is 4.74 Å². The highest BCUT2D eigenvalue weighted by Gasteiger charge is 2.31. The first-order chi connectivity index (χ1) is 6.33. The molecule has 0 aromatic rings. The van der Waals surface area contributed by atoms with Crippen LogP contribution < -0.4 is 0 Å². The summed E-state index contributed by atoms with van der Waals surface area (Å²) in [7, 11) is 1.78. The minimum atomic E-state index is 0.543. The number of allylic oxidation sites excluding steroid dienone is 3. The van der Waals surface area contributed by atoms with Gasteiger partial charge in [-0.2, -0.15) is 0 Å². The van der Waals surface area contributed by atoms with Crippen LogP contribution in [0.15, 0.2) is 22.4 Å². The standard InChI is InChI=1S/C11H15BrO/c1-13-11-9-5-3-2-4-8(9)6-7-10(11)12/h3,5,8-9H,2,4,6-7H2,1H3. The summed E-state index contributed by atoms with van der Waals surface area (Å²) >= 11 is 3.60. The molecule has 72 valence electrons. The van der Waals surface area contributed by atoms with E-state index in [1.807, 2.05) is 0 Å². The topological polar surface area (TPSA) is 9.23 Å². The van der Waals surface area contributed by atoms with Crippen LogP contribution in [-0.2, 0) is 4.74 Å². The fourth-order valence-corrected chi connectivity index (χ4v) is 3.03. The number of hydrogen-bond donors (Lipinski definition) is 0. The molecule has 1 nitrogen and oxygen atoms in total. The van der Waals surface area contributed by atoms with Crippen LogP contribution >= 0.6 is 15.9 Å². The second-order valence-electron chi connectivity index (χ2n) is 3.80. The number of hydrogen-bond acceptors (Lipinski definition) is 1. The molecule has 0 aliphatic heterocycles. The molecule has 0 heterocycles. The van der Waals surface area contributed by atoms with Crippen LogP contribution in [-0.4, -0.2) is 7.11 Å². The minimum Gasteiger partial charge on any atom is -0.500 e. The van der Waals surface area contributed by atoms with Crippen LogP contribution in [0.1, 0.15) is 25.7 Å². The Bertz CT molecular complexity index is 255. The first-order valence-corrected chi connectivity index (χ1v) is 5.71. The van der Waals surface area contributed by atoms with Gasteiger partial charge >= 0.3 is 0 Å². The molecule has 0 radical (unpaired) electrons. The molecule has 0 N–H and O–H groups in total. The maximum Gasteiger partial charge on any atom is 0.113 e. The highest BCUT2D eigenvalue weighted by atomic mass is 79.9. The van der Waals surface area contributed by atoms with Crippen LogP contribution in [0.25, 0.3) is 0 Å². The molecule has 2 atom stereocenters. The van der Waals surface area contributed by atoms with Crippen LogP contribution in [0.3, 0.4) is 0 Å². The molecular weight excluding hydrogens is 228 g/mol. The van der Waals surface area contributed by atoms with E-state index in [1.54, 1.807) is 7.11 Å². The average molecular weight is 243 g/mol. The molecule has 0 amide bonds. The van der Waals surface area contributed by atoms with Crippen molar-refractivity contribution in [2.75, 3.05) is 7.11 Å². The molecule has 0 saturated heterocycles. The second kappa shape index (κ2) is 3.87. The van der Waals surface area contributed by atoms with Gasteiger partial charge in [0.15, 0.2) is 0 Å². The number of fused-ring (bicyclic) bond motifs is 1. The van der Waals surface area contributed by atoms with E-state index in [9.17, 15) is 0 Å². The quantitative estimate of drug-likeness (QED) is 0.639. The summed E-state index contributed by atoms with van der Waals surface area (Å²) in [5.41, 5.74) is 0. The summed E-state index contributed by atoms with van der Waals surface area (Å²) in [6, 6.07) is 0. The normalized spacial score (nSPS) is 33.1. The van der Waals surface area contributed by atoms with E-state index >= 15 is 0 Å². The zero-order valence-corrected chi connectivity index (χ0v) is 9.51. The van der Waals surface area contributed by atoms with Crippen molar-refractivity contribution in [3.05, 3.63) is 22.4 Å². The molecule has 0 spiro atoms. The third kappa shape index (κ3) is 1.69. The van der Waals surface area contributed by atoms with Gasteiger partial charge in [0.1, 0.15) is 5.76 Å². The van der Waals surface area contributed by atoms with Gasteiger partial charge in [0.2, 0.25) is 0 Å². The molecule has 2 aliphatic carbocycles. The minimum absolute atomic E-state index is 0.543. The Kier molecular flexibility index (Phi) is 2.77. The van der Waals surface area contributed by atoms with Crippen LogP contribution in [0.5, 0.6) is 0 Å². The van der Waals surface area contributed by atoms with Gasteiger partial charge in [-0.05, 0) is 31.6 Å². The summed E-state index contributed by atoms with van der Waals surface area (Å²) in [5, 5.41) is 0. The maximum atomic E-state index is 5.45. The van der Waals surface area contributed by atoms with Crippen LogP contribution in [0.4, 0.5) is 0 Å². The van der Waals surface area contributed by atoms with Gasteiger partial charge in [-0.15, -0.1) is 0 Å². The van der Waals surface area contributed by atoms with Gasteiger partial charge in [0.05, 0.1) is 7.11 Å². The van der Waals surface area contributed by atoms with Crippen molar-refractivity contribution in [3.8, 4) is 0 Å². The number of rotatable bonds is 1. The zero-order valence-electron chi connectivity index (χ0n) is 7.92. The van der Waals surface area contributed by atoms with Crippen molar-refractivity contribution in [1.82, 2.24) is 0 Å². The Morgan fingerprint density at radius 3 is 3.08 bits per heavy atom. The van der Waals surface area contributed by atoms with Gasteiger partial charge in [0.25, 0.3) is 0 Å². The van der Waals surface area contributed by atoms with Gasteiger partial charge in [-0.3, -0.25) is 0 Å². The van der Waals surface area contributed by atoms with Crippen LogP contribution in [0.2, 0.25) is 0 Å². The molecule has 2 rings (SSSR count). The Hall–Kier alpha value is -0.240. The van der Waals surface area contributed by atoms with Crippen molar-refractivity contribution in [3.63, 3.8) is 0 Å². The lowest BCUT2D eigenvalue weighted by Gasteiger charge is -2.33. The summed E-state index contributed by atoms with van der Waals surface area (Å²) < 4.78 is 6.72. The number of halogens is 1. The van der Waals surface area contributed by atoms with E-state index in [-0.39, 0.29) is 0 Å². The molecule has 0 saturated carbocycles. The Morgan fingerprint density at radius 1 is 1.46 bits per heavy atom. The van der Waals surface area contributed by atoms with Crippen LogP contribution in [0, 0.1) is 11.8 Å². The lowest BCUT2D eigenvalue weighted by Crippen LogP contribution is -2.23. The number of ether oxygens (including phenoxy) is 1. The predicted molar refractivity (Wildman–Crippen MR) is 57.6 cm³/mol. The molecular formula is C11H15BrO. The number of methoxy groups -OCH3 is 1. The predicted octanol–water partition coefficient (Wildman–Crippen LogP) is 3.62. The van der Waals surface area contributed by atoms with Gasteiger partial charge in [0, 0.05) is 10.4 Å². The molecule has 2 heteroatoms. The highest BCUT2D eigenvalue weighted by molar-refractivity contribution is 9.11. The van der Waals surface area contributed by atoms with E-state index in [4.69, 9.17) is 4.74 Å². The van der Waals surface area contributed by atoms with Crippen molar-refractivity contribution in [2.24, 2.45) is 11.8 Å². The molecule has 2 unspecified atom stereocenters. The van der Waals surface area contributed by atoms with E-state index in [0.29, 0.717) is 5.92 Å². The Balaban J connectivity index is 2.28. The summed E-state index contributed by atoms with van der Waals surface area (Å²) in [4.78, 5) is 0. The summed E-state index contributed by atoms with van der Waals surface area (Å²) in [6.45, 7) is 0. The molecule has 0 aromatic heterocycles. The maximum absolute atomic E-state index is 5.45. The fraction of sp³-hybridized carbons (Fsp3) is 0.636. The van der Waals surface area contributed by atoms with Crippen molar-refractivity contribution >= 4 is 15.9 Å². The SMILES string of the molecule is COC1=C(Br)CCC2CCC=CC12. The largest absolute Gasteiger partial charge is 0.500 e. The molecule has 2 aliphatic rings.